The maximum Gasteiger partial charge on any atom is 0.306 e. The van der Waals surface area contributed by atoms with Crippen molar-refractivity contribution in [3.63, 3.8) is 0 Å². The first-order chi connectivity index (χ1) is 8.90. The van der Waals surface area contributed by atoms with Crippen LogP contribution in [0.1, 0.15) is 6.92 Å². The number of carboxylic acids is 1. The molecule has 0 amide bonds. The van der Waals surface area contributed by atoms with E-state index in [1.54, 1.807) is 6.92 Å². The summed E-state index contributed by atoms with van der Waals surface area (Å²) in [5.41, 5.74) is -0.162. The lowest BCUT2D eigenvalue weighted by Gasteiger charge is -2.42. The summed E-state index contributed by atoms with van der Waals surface area (Å²) in [6.45, 7) is 2.74. The number of anilines is 1. The van der Waals surface area contributed by atoms with Gasteiger partial charge in [-0.15, -0.1) is 0 Å². The molecule has 1 saturated heterocycles. The number of rotatable bonds is 4. The van der Waals surface area contributed by atoms with Crippen molar-refractivity contribution in [3.8, 4) is 0 Å². The van der Waals surface area contributed by atoms with Gasteiger partial charge in [-0.1, -0.05) is 18.5 Å². The Kier molecular flexibility index (Phi) is 3.57. The number of pyridine rings is 1. The fourth-order valence-electron chi connectivity index (χ4n) is 1.96. The van der Waals surface area contributed by atoms with Crippen molar-refractivity contribution in [2.45, 2.75) is 6.92 Å². The predicted molar refractivity (Wildman–Crippen MR) is 68.4 cm³/mol. The van der Waals surface area contributed by atoms with Gasteiger partial charge in [-0.3, -0.25) is 14.9 Å². The molecule has 0 aromatic carbocycles. The first-order valence-electron chi connectivity index (χ1n) is 5.68. The third-order valence-electron chi connectivity index (χ3n) is 3.32. The molecule has 2 heterocycles. The molecule has 19 heavy (non-hydrogen) atoms. The maximum absolute atomic E-state index is 10.8. The van der Waals surface area contributed by atoms with Crippen LogP contribution >= 0.6 is 11.6 Å². The summed E-state index contributed by atoms with van der Waals surface area (Å²) in [6.07, 6.45) is 1.15. The van der Waals surface area contributed by atoms with Crippen molar-refractivity contribution in [2.75, 3.05) is 18.0 Å². The van der Waals surface area contributed by atoms with E-state index in [9.17, 15) is 14.9 Å². The molecule has 1 aromatic heterocycles. The fourth-order valence-corrected chi connectivity index (χ4v) is 2.24. The standard InChI is InChI=1S/C11H12ClN3O4/c1-6(11(16)17)7-4-14(5-7)10-9(12)2-8(3-13-10)15(18)19/h2-3,6-7H,4-5H2,1H3,(H,16,17). The number of hydrogen-bond donors (Lipinski definition) is 1. The van der Waals surface area contributed by atoms with Crippen molar-refractivity contribution >= 4 is 29.1 Å². The zero-order valence-corrected chi connectivity index (χ0v) is 10.9. The van der Waals surface area contributed by atoms with Crippen molar-refractivity contribution in [3.05, 3.63) is 27.4 Å². The number of aliphatic carboxylic acids is 1. The number of hydrogen-bond acceptors (Lipinski definition) is 5. The Morgan fingerprint density at radius 1 is 1.68 bits per heavy atom. The maximum atomic E-state index is 10.8. The molecule has 1 unspecified atom stereocenters. The van der Waals surface area contributed by atoms with Gasteiger partial charge in [-0.2, -0.15) is 0 Å². The average Bonchev–Trinajstić information content (AvgIpc) is 2.28. The van der Waals surface area contributed by atoms with Gasteiger partial charge in [0.05, 0.1) is 15.9 Å². The molecule has 1 aliphatic rings. The van der Waals surface area contributed by atoms with Crippen LogP contribution in [0.2, 0.25) is 5.02 Å². The normalized spacial score (nSPS) is 16.8. The average molecular weight is 286 g/mol. The molecule has 1 aliphatic heterocycles. The molecule has 0 saturated carbocycles. The van der Waals surface area contributed by atoms with Gasteiger partial charge >= 0.3 is 5.97 Å². The quantitative estimate of drug-likeness (QED) is 0.669. The second-order valence-electron chi connectivity index (χ2n) is 4.55. The third kappa shape index (κ3) is 2.60. The van der Waals surface area contributed by atoms with E-state index in [0.717, 1.165) is 6.20 Å². The molecule has 1 aromatic rings. The van der Waals surface area contributed by atoms with Crippen molar-refractivity contribution < 1.29 is 14.8 Å². The number of halogens is 1. The van der Waals surface area contributed by atoms with E-state index >= 15 is 0 Å². The highest BCUT2D eigenvalue weighted by Crippen LogP contribution is 2.33. The summed E-state index contributed by atoms with van der Waals surface area (Å²) in [4.78, 5) is 26.6. The van der Waals surface area contributed by atoms with Gasteiger partial charge in [0.15, 0.2) is 0 Å². The molecular weight excluding hydrogens is 274 g/mol. The van der Waals surface area contributed by atoms with E-state index < -0.39 is 16.8 Å². The van der Waals surface area contributed by atoms with Crippen LogP contribution in [-0.2, 0) is 4.79 Å². The van der Waals surface area contributed by atoms with Crippen LogP contribution in [0.4, 0.5) is 11.5 Å². The molecule has 102 valence electrons. The largest absolute Gasteiger partial charge is 0.481 e. The van der Waals surface area contributed by atoms with Crippen LogP contribution in [0.3, 0.4) is 0 Å². The Labute approximate surface area is 114 Å². The van der Waals surface area contributed by atoms with Gasteiger partial charge in [0, 0.05) is 25.1 Å². The van der Waals surface area contributed by atoms with E-state index in [0.29, 0.717) is 18.9 Å². The van der Waals surface area contributed by atoms with E-state index in [1.165, 1.54) is 6.07 Å². The van der Waals surface area contributed by atoms with E-state index in [4.69, 9.17) is 16.7 Å². The highest BCUT2D eigenvalue weighted by Gasteiger charge is 2.36. The molecule has 7 nitrogen and oxygen atoms in total. The van der Waals surface area contributed by atoms with Gasteiger partial charge < -0.3 is 10.0 Å². The molecule has 0 radical (unpaired) electrons. The molecule has 0 aliphatic carbocycles. The first-order valence-corrected chi connectivity index (χ1v) is 6.05. The second kappa shape index (κ2) is 5.00. The summed E-state index contributed by atoms with van der Waals surface area (Å²) >= 11 is 5.95. The minimum atomic E-state index is -0.826. The lowest BCUT2D eigenvalue weighted by molar-refractivity contribution is -0.385. The smallest absolute Gasteiger partial charge is 0.306 e. The van der Waals surface area contributed by atoms with Crippen LogP contribution < -0.4 is 4.90 Å². The van der Waals surface area contributed by atoms with Crippen LogP contribution in [0.25, 0.3) is 0 Å². The fraction of sp³-hybridized carbons (Fsp3) is 0.455. The summed E-state index contributed by atoms with van der Waals surface area (Å²) in [5, 5.41) is 19.7. The molecule has 0 bridgehead atoms. The van der Waals surface area contributed by atoms with Crippen LogP contribution in [-0.4, -0.2) is 34.1 Å². The van der Waals surface area contributed by atoms with Gasteiger partial charge in [-0.25, -0.2) is 4.98 Å². The highest BCUT2D eigenvalue weighted by atomic mass is 35.5. The second-order valence-corrected chi connectivity index (χ2v) is 4.96. The van der Waals surface area contributed by atoms with Crippen molar-refractivity contribution in [1.29, 1.82) is 0 Å². The van der Waals surface area contributed by atoms with Gasteiger partial charge in [-0.05, 0) is 0 Å². The van der Waals surface area contributed by atoms with Crippen LogP contribution in [0.15, 0.2) is 12.3 Å². The molecule has 1 fully saturated rings. The van der Waals surface area contributed by atoms with Crippen LogP contribution in [0.5, 0.6) is 0 Å². The number of carboxylic acid groups (broad SMARTS) is 1. The lowest BCUT2D eigenvalue weighted by atomic mass is 9.87. The zero-order chi connectivity index (χ0) is 14.2. The zero-order valence-electron chi connectivity index (χ0n) is 10.1. The summed E-state index contributed by atoms with van der Waals surface area (Å²) in [6, 6.07) is 1.25. The van der Waals surface area contributed by atoms with Crippen molar-refractivity contribution in [2.24, 2.45) is 11.8 Å². The predicted octanol–water partition coefficient (Wildman–Crippen LogP) is 1.80. The lowest BCUT2D eigenvalue weighted by Crippen LogP contribution is -2.51. The Bertz CT molecular complexity index is 531. The molecule has 0 spiro atoms. The molecule has 1 N–H and O–H groups in total. The minimum absolute atomic E-state index is 0.0468. The van der Waals surface area contributed by atoms with E-state index in [1.807, 2.05) is 4.90 Å². The van der Waals surface area contributed by atoms with Gasteiger partial charge in [0.25, 0.3) is 5.69 Å². The summed E-state index contributed by atoms with van der Waals surface area (Å²) in [7, 11) is 0. The Hall–Kier alpha value is -1.89. The number of aromatic nitrogens is 1. The first kappa shape index (κ1) is 13.5. The van der Waals surface area contributed by atoms with E-state index in [2.05, 4.69) is 4.98 Å². The Morgan fingerprint density at radius 2 is 2.32 bits per heavy atom. The van der Waals surface area contributed by atoms with Crippen molar-refractivity contribution in [1.82, 2.24) is 4.98 Å². The molecule has 8 heteroatoms. The molecule has 2 rings (SSSR count). The number of carbonyl (C=O) groups is 1. The Morgan fingerprint density at radius 3 is 2.79 bits per heavy atom. The highest BCUT2D eigenvalue weighted by molar-refractivity contribution is 6.33. The molecular formula is C11H12ClN3O4. The SMILES string of the molecule is CC(C(=O)O)C1CN(c2ncc([N+](=O)[O-])cc2Cl)C1. The summed E-state index contributed by atoms with van der Waals surface area (Å²) < 4.78 is 0. The third-order valence-corrected chi connectivity index (χ3v) is 3.60. The molecule has 1 atom stereocenters. The van der Waals surface area contributed by atoms with E-state index in [-0.39, 0.29) is 16.6 Å². The topological polar surface area (TPSA) is 96.6 Å². The Balaban J connectivity index is 2.06. The monoisotopic (exact) mass is 285 g/mol. The minimum Gasteiger partial charge on any atom is -0.481 e. The van der Waals surface area contributed by atoms with Crippen LogP contribution in [0, 0.1) is 22.0 Å². The van der Waals surface area contributed by atoms with Gasteiger partial charge in [0.1, 0.15) is 12.0 Å². The number of nitro groups is 1. The number of nitrogens with zero attached hydrogens (tertiary/aromatic N) is 3. The van der Waals surface area contributed by atoms with Gasteiger partial charge in [0.2, 0.25) is 0 Å². The summed E-state index contributed by atoms with van der Waals surface area (Å²) in [5.74, 6) is -0.743.